The van der Waals surface area contributed by atoms with E-state index in [4.69, 9.17) is 29.4 Å². The van der Waals surface area contributed by atoms with Crippen LogP contribution in [0.4, 0.5) is 4.79 Å². The molecule has 5 aromatic carbocycles. The first-order valence-corrected chi connectivity index (χ1v) is 23.1. The molecule has 0 radical (unpaired) electrons. The lowest BCUT2D eigenvalue weighted by molar-refractivity contribution is -0.191. The standard InChI is InChI=1S/C54H60N4O11/c1-36(2)32-45(56-48(59)34-65-47-23-15-14-16-37(47)3)51(62)57-46(33-39-24-26-44(27-25-39)69-53(64)58-30-28-40(29-31-58)50(55)61)52(63)68-38(4)67-49(60)35-66-54(41-17-8-5-9-18-41,42-19-10-6-11-20-42)43-21-12-7-13-22-43/h5-27,36,38,40,45-46H,28-35H2,1-4H3,(H2,55,61)(H,56,59)(H,57,62)/t38?,45-,46-/m0/s1. The van der Waals surface area contributed by atoms with Crippen molar-refractivity contribution in [2.75, 3.05) is 26.3 Å². The number of carbonyl (C=O) groups is 6. The van der Waals surface area contributed by atoms with Crippen molar-refractivity contribution in [3.8, 4) is 11.5 Å². The summed E-state index contributed by atoms with van der Waals surface area (Å²) in [6, 6.07) is 39.7. The number of ether oxygens (including phenoxy) is 5. The van der Waals surface area contributed by atoms with Crippen molar-refractivity contribution in [1.29, 1.82) is 0 Å². The van der Waals surface area contributed by atoms with Crippen LogP contribution in [-0.2, 0) is 50.2 Å². The van der Waals surface area contributed by atoms with Crippen LogP contribution in [0.15, 0.2) is 140 Å². The maximum Gasteiger partial charge on any atom is 0.415 e. The molecule has 1 heterocycles. The number of hydrogen-bond acceptors (Lipinski definition) is 11. The first-order valence-electron chi connectivity index (χ1n) is 23.1. The molecular weight excluding hydrogens is 881 g/mol. The number of nitrogens with one attached hydrogen (secondary N) is 2. The number of nitrogens with two attached hydrogens (primary N) is 1. The van der Waals surface area contributed by atoms with Gasteiger partial charge in [-0.25, -0.2) is 14.4 Å². The van der Waals surface area contributed by atoms with Gasteiger partial charge in [0.1, 0.15) is 35.8 Å². The van der Waals surface area contributed by atoms with E-state index in [1.807, 2.05) is 124 Å². The maximum atomic E-state index is 14.1. The van der Waals surface area contributed by atoms with Crippen molar-refractivity contribution >= 4 is 35.8 Å². The summed E-state index contributed by atoms with van der Waals surface area (Å²) in [4.78, 5) is 80.9. The van der Waals surface area contributed by atoms with Crippen LogP contribution in [0, 0.1) is 18.8 Å². The summed E-state index contributed by atoms with van der Waals surface area (Å²) in [6.45, 7) is 6.77. The summed E-state index contributed by atoms with van der Waals surface area (Å²) < 4.78 is 29.2. The molecule has 6 rings (SSSR count). The Morgan fingerprint density at radius 1 is 0.681 bits per heavy atom. The smallest absolute Gasteiger partial charge is 0.415 e. The highest BCUT2D eigenvalue weighted by molar-refractivity contribution is 5.91. The number of esters is 2. The highest BCUT2D eigenvalue weighted by atomic mass is 16.7. The summed E-state index contributed by atoms with van der Waals surface area (Å²) in [5, 5.41) is 5.51. The van der Waals surface area contributed by atoms with Crippen molar-refractivity contribution in [2.45, 2.75) is 77.4 Å². The second-order valence-electron chi connectivity index (χ2n) is 17.3. The van der Waals surface area contributed by atoms with Gasteiger partial charge < -0.3 is 45.0 Å². The molecule has 15 nitrogen and oxygen atoms in total. The molecule has 1 aliphatic heterocycles. The zero-order valence-electron chi connectivity index (χ0n) is 39.3. The van der Waals surface area contributed by atoms with Crippen molar-refractivity contribution < 1.29 is 52.5 Å². The zero-order chi connectivity index (χ0) is 49.3. The monoisotopic (exact) mass is 940 g/mol. The molecule has 5 aromatic rings. The van der Waals surface area contributed by atoms with Gasteiger partial charge in [-0.15, -0.1) is 0 Å². The maximum absolute atomic E-state index is 14.1. The van der Waals surface area contributed by atoms with E-state index in [-0.39, 0.29) is 37.0 Å². The third-order valence-corrected chi connectivity index (χ3v) is 11.7. The van der Waals surface area contributed by atoms with Crippen LogP contribution in [0.25, 0.3) is 0 Å². The molecule has 1 saturated heterocycles. The number of likely N-dealkylation sites (tertiary alicyclic amines) is 1. The number of amides is 4. The Bertz CT molecular complexity index is 2400. The zero-order valence-corrected chi connectivity index (χ0v) is 39.3. The summed E-state index contributed by atoms with van der Waals surface area (Å²) in [7, 11) is 0. The Morgan fingerprint density at radius 2 is 1.23 bits per heavy atom. The van der Waals surface area contributed by atoms with E-state index < -0.39 is 66.3 Å². The van der Waals surface area contributed by atoms with Crippen LogP contribution in [0.2, 0.25) is 0 Å². The topological polar surface area (TPSA) is 202 Å². The molecule has 4 N–H and O–H groups in total. The third kappa shape index (κ3) is 14.2. The Kier molecular flexibility index (Phi) is 18.1. The van der Waals surface area contributed by atoms with Crippen molar-refractivity contribution in [1.82, 2.24) is 15.5 Å². The highest BCUT2D eigenvalue weighted by Gasteiger charge is 2.39. The van der Waals surface area contributed by atoms with E-state index in [0.717, 1.165) is 22.3 Å². The molecule has 1 fully saturated rings. The SMILES string of the molecule is Cc1ccccc1OCC(=O)N[C@@H](CC(C)C)C(=O)N[C@@H](Cc1ccc(OC(=O)N2CCC(C(N)=O)CC2)cc1)C(=O)OC(C)OC(=O)COC(c1ccccc1)(c1ccccc1)c1ccccc1. The minimum Gasteiger partial charge on any atom is -0.484 e. The van der Waals surface area contributed by atoms with Crippen LogP contribution in [-0.4, -0.2) is 85.3 Å². The average Bonchev–Trinajstić information content (AvgIpc) is 3.35. The second-order valence-corrected chi connectivity index (χ2v) is 17.3. The molecule has 1 aliphatic rings. The Balaban J connectivity index is 1.16. The lowest BCUT2D eigenvalue weighted by Crippen LogP contribution is -2.54. The van der Waals surface area contributed by atoms with E-state index in [1.165, 1.54) is 11.8 Å². The predicted molar refractivity (Wildman–Crippen MR) is 256 cm³/mol. The number of piperidine rings is 1. The molecule has 0 aromatic heterocycles. The summed E-state index contributed by atoms with van der Waals surface area (Å²) in [5.74, 6) is -2.92. The van der Waals surface area contributed by atoms with Crippen molar-refractivity contribution in [3.63, 3.8) is 0 Å². The first-order chi connectivity index (χ1) is 33.2. The van der Waals surface area contributed by atoms with Crippen molar-refractivity contribution in [3.05, 3.63) is 167 Å². The van der Waals surface area contributed by atoms with Gasteiger partial charge in [0.25, 0.3) is 5.91 Å². The number of benzene rings is 5. The largest absolute Gasteiger partial charge is 0.484 e. The quantitative estimate of drug-likeness (QED) is 0.0398. The van der Waals surface area contributed by atoms with Gasteiger partial charge in [0.05, 0.1) is 0 Å². The molecule has 69 heavy (non-hydrogen) atoms. The van der Waals surface area contributed by atoms with Crippen LogP contribution in [0.1, 0.15) is 67.9 Å². The second kappa shape index (κ2) is 24.5. The number of primary amides is 1. The molecule has 1 unspecified atom stereocenters. The van der Waals surface area contributed by atoms with Gasteiger partial charge in [0.15, 0.2) is 6.61 Å². The third-order valence-electron chi connectivity index (χ3n) is 11.7. The van der Waals surface area contributed by atoms with E-state index in [9.17, 15) is 28.8 Å². The molecule has 0 saturated carbocycles. The van der Waals surface area contributed by atoms with Crippen LogP contribution >= 0.6 is 0 Å². The fourth-order valence-corrected chi connectivity index (χ4v) is 8.13. The fraction of sp³-hybridized carbons (Fsp3) is 0.333. The minimum absolute atomic E-state index is 0.0421. The molecule has 3 atom stereocenters. The molecule has 15 heteroatoms. The first kappa shape index (κ1) is 50.9. The van der Waals surface area contributed by atoms with E-state index in [1.54, 1.807) is 36.4 Å². The number of rotatable bonds is 21. The predicted octanol–water partition coefficient (Wildman–Crippen LogP) is 6.77. The number of nitrogens with zero attached hydrogens (tertiary/aromatic N) is 1. The molecule has 0 bridgehead atoms. The number of para-hydroxylation sites is 1. The Labute approximate surface area is 402 Å². The summed E-state index contributed by atoms with van der Waals surface area (Å²) in [5.41, 5.74) is 7.92. The normalized spacial score (nSPS) is 14.1. The molecule has 0 aliphatic carbocycles. The summed E-state index contributed by atoms with van der Waals surface area (Å²) in [6.07, 6.45) is -0.991. The minimum atomic E-state index is -1.42. The van der Waals surface area contributed by atoms with Gasteiger partial charge in [-0.05, 0) is 78.1 Å². The van der Waals surface area contributed by atoms with Gasteiger partial charge in [0.2, 0.25) is 18.1 Å². The average molecular weight is 941 g/mol. The van der Waals surface area contributed by atoms with E-state index in [2.05, 4.69) is 10.6 Å². The number of aryl methyl sites for hydroxylation is 1. The van der Waals surface area contributed by atoms with Gasteiger partial charge in [-0.1, -0.05) is 135 Å². The van der Waals surface area contributed by atoms with Gasteiger partial charge >= 0.3 is 18.0 Å². The van der Waals surface area contributed by atoms with Crippen LogP contribution < -0.4 is 25.8 Å². The lowest BCUT2D eigenvalue weighted by atomic mass is 9.80. The lowest BCUT2D eigenvalue weighted by Gasteiger charge is -2.35. The Morgan fingerprint density at radius 3 is 1.77 bits per heavy atom. The van der Waals surface area contributed by atoms with Crippen LogP contribution in [0.3, 0.4) is 0 Å². The fourth-order valence-electron chi connectivity index (χ4n) is 8.13. The number of hydrogen-bond donors (Lipinski definition) is 3. The summed E-state index contributed by atoms with van der Waals surface area (Å²) >= 11 is 0. The molecule has 0 spiro atoms. The molecular formula is C54H60N4O11. The highest BCUT2D eigenvalue weighted by Crippen LogP contribution is 2.40. The van der Waals surface area contributed by atoms with Crippen molar-refractivity contribution in [2.24, 2.45) is 17.6 Å². The molecule has 362 valence electrons. The Hall–Kier alpha value is -7.52. The van der Waals surface area contributed by atoms with Gasteiger partial charge in [-0.3, -0.25) is 14.4 Å². The van der Waals surface area contributed by atoms with Gasteiger partial charge in [0, 0.05) is 32.4 Å². The number of carbonyl (C=O) groups excluding carboxylic acids is 6. The molecule has 4 amide bonds. The van der Waals surface area contributed by atoms with Gasteiger partial charge in [-0.2, -0.15) is 0 Å². The van der Waals surface area contributed by atoms with Crippen LogP contribution in [0.5, 0.6) is 11.5 Å². The van der Waals surface area contributed by atoms with E-state index >= 15 is 0 Å². The van der Waals surface area contributed by atoms with E-state index in [0.29, 0.717) is 37.2 Å².